The molecule has 1 aromatic carbocycles. The largest absolute Gasteiger partial charge is 0.365 e. The van der Waals surface area contributed by atoms with Crippen molar-refractivity contribution in [2.75, 3.05) is 35.3 Å². The first-order valence-corrected chi connectivity index (χ1v) is 9.97. The van der Waals surface area contributed by atoms with Crippen molar-refractivity contribution in [2.24, 2.45) is 5.92 Å². The van der Waals surface area contributed by atoms with E-state index in [1.165, 1.54) is 24.0 Å². The summed E-state index contributed by atoms with van der Waals surface area (Å²) in [5, 5.41) is 6.57. The summed E-state index contributed by atoms with van der Waals surface area (Å²) in [6.07, 6.45) is 2.40. The molecule has 6 nitrogen and oxygen atoms in total. The Balaban J connectivity index is 1.63. The van der Waals surface area contributed by atoms with Gasteiger partial charge in [-0.2, -0.15) is 9.97 Å². The second-order valence-electron chi connectivity index (χ2n) is 7.41. The van der Waals surface area contributed by atoms with Crippen LogP contribution < -0.4 is 20.4 Å². The molecule has 0 amide bonds. The molecule has 27 heavy (non-hydrogen) atoms. The van der Waals surface area contributed by atoms with Crippen molar-refractivity contribution in [2.45, 2.75) is 32.9 Å². The fraction of sp³-hybridized carbons (Fsp3) is 0.450. The van der Waals surface area contributed by atoms with E-state index in [4.69, 9.17) is 22.2 Å². The maximum absolute atomic E-state index is 5.26. The molecule has 0 aliphatic carbocycles. The highest BCUT2D eigenvalue weighted by molar-refractivity contribution is 7.80. The van der Waals surface area contributed by atoms with Gasteiger partial charge in [0.1, 0.15) is 11.6 Å². The highest BCUT2D eigenvalue weighted by atomic mass is 32.1. The molecule has 2 aliphatic rings. The Kier molecular flexibility index (Phi) is 5.11. The van der Waals surface area contributed by atoms with Gasteiger partial charge in [0.25, 0.3) is 0 Å². The van der Waals surface area contributed by atoms with Gasteiger partial charge in [-0.1, -0.05) is 31.2 Å². The molecule has 3 heterocycles. The van der Waals surface area contributed by atoms with Gasteiger partial charge in [0, 0.05) is 39.3 Å². The molecule has 0 bridgehead atoms. The van der Waals surface area contributed by atoms with Crippen LogP contribution in [0.15, 0.2) is 30.3 Å². The van der Waals surface area contributed by atoms with Crippen LogP contribution >= 0.6 is 12.2 Å². The third-order valence-electron chi connectivity index (χ3n) is 5.42. The number of benzene rings is 1. The molecule has 1 saturated heterocycles. The third kappa shape index (κ3) is 3.98. The second-order valence-corrected chi connectivity index (χ2v) is 7.81. The molecule has 1 aromatic heterocycles. The van der Waals surface area contributed by atoms with E-state index in [0.717, 1.165) is 43.7 Å². The summed E-state index contributed by atoms with van der Waals surface area (Å²) < 4.78 is 0. The fourth-order valence-electron chi connectivity index (χ4n) is 3.70. The van der Waals surface area contributed by atoms with Gasteiger partial charge >= 0.3 is 0 Å². The van der Waals surface area contributed by atoms with E-state index in [2.05, 4.69) is 57.7 Å². The average molecular weight is 383 g/mol. The van der Waals surface area contributed by atoms with E-state index >= 15 is 0 Å². The summed E-state index contributed by atoms with van der Waals surface area (Å²) in [6.45, 7) is 6.14. The summed E-state index contributed by atoms with van der Waals surface area (Å²) in [5.74, 6) is 3.25. The molecule has 7 heteroatoms. The monoisotopic (exact) mass is 382 g/mol. The first kappa shape index (κ1) is 18.0. The number of thiocarbonyl (C=S) groups is 1. The van der Waals surface area contributed by atoms with Crippen LogP contribution in [0.4, 0.5) is 17.6 Å². The molecular formula is C20H26N6S. The second kappa shape index (κ2) is 7.68. The lowest BCUT2D eigenvalue weighted by Gasteiger charge is -2.32. The number of rotatable bonds is 3. The molecule has 4 rings (SSSR count). The van der Waals surface area contributed by atoms with Gasteiger partial charge in [0.15, 0.2) is 5.11 Å². The number of fused-ring (bicyclic) bond motifs is 1. The summed E-state index contributed by atoms with van der Waals surface area (Å²) in [5.41, 5.74) is 2.73. The highest BCUT2D eigenvalue weighted by Gasteiger charge is 2.23. The van der Waals surface area contributed by atoms with Gasteiger partial charge in [-0.05, 0) is 42.1 Å². The van der Waals surface area contributed by atoms with Crippen LogP contribution in [0.1, 0.15) is 30.9 Å². The fourth-order valence-corrected chi connectivity index (χ4v) is 3.79. The van der Waals surface area contributed by atoms with E-state index in [0.29, 0.717) is 11.1 Å². The van der Waals surface area contributed by atoms with Crippen molar-refractivity contribution in [3.8, 4) is 0 Å². The van der Waals surface area contributed by atoms with Crippen molar-refractivity contribution in [3.63, 3.8) is 0 Å². The zero-order valence-electron chi connectivity index (χ0n) is 15.9. The van der Waals surface area contributed by atoms with Crippen molar-refractivity contribution in [1.29, 1.82) is 0 Å². The van der Waals surface area contributed by atoms with Gasteiger partial charge in [-0.25, -0.2) is 0 Å². The summed E-state index contributed by atoms with van der Waals surface area (Å²) in [6, 6.07) is 10.7. The molecule has 0 spiro atoms. The molecule has 142 valence electrons. The zero-order chi connectivity index (χ0) is 18.8. The average Bonchev–Trinajstić information content (AvgIpc) is 3.12. The van der Waals surface area contributed by atoms with Crippen LogP contribution in [-0.4, -0.2) is 35.2 Å². The standard InChI is InChI=1S/C20H26N6S/c1-14-7-9-25(10-8-14)17-11-18(23-19(22-17)24-20(27)21-2)26-12-15-5-3-4-6-16(15)13-26/h3-6,11,14H,7-10,12-13H2,1-2H3,(H2,21,22,23,24,27). The Morgan fingerprint density at radius 2 is 1.63 bits per heavy atom. The molecule has 2 aliphatic heterocycles. The number of nitrogens with one attached hydrogen (secondary N) is 2. The van der Waals surface area contributed by atoms with Gasteiger partial charge in [0.05, 0.1) is 0 Å². The van der Waals surface area contributed by atoms with Gasteiger partial charge in [-0.15, -0.1) is 0 Å². The summed E-state index contributed by atoms with van der Waals surface area (Å²) >= 11 is 5.26. The zero-order valence-corrected chi connectivity index (χ0v) is 16.7. The molecule has 2 N–H and O–H groups in total. The van der Waals surface area contributed by atoms with Gasteiger partial charge in [-0.3, -0.25) is 0 Å². The number of hydrogen-bond donors (Lipinski definition) is 2. The summed E-state index contributed by atoms with van der Waals surface area (Å²) in [7, 11) is 1.79. The predicted molar refractivity (Wildman–Crippen MR) is 114 cm³/mol. The van der Waals surface area contributed by atoms with Crippen molar-refractivity contribution >= 4 is 34.9 Å². The van der Waals surface area contributed by atoms with Crippen LogP contribution in [0.25, 0.3) is 0 Å². The predicted octanol–water partition coefficient (Wildman–Crippen LogP) is 3.15. The van der Waals surface area contributed by atoms with Gasteiger partial charge in [0.2, 0.25) is 5.95 Å². The van der Waals surface area contributed by atoms with Crippen LogP contribution in [-0.2, 0) is 13.1 Å². The highest BCUT2D eigenvalue weighted by Crippen LogP contribution is 2.30. The Labute approximate surface area is 166 Å². The number of nitrogens with zero attached hydrogens (tertiary/aromatic N) is 4. The molecule has 2 aromatic rings. The molecular weight excluding hydrogens is 356 g/mol. The molecule has 1 fully saturated rings. The minimum atomic E-state index is 0.523. The molecule has 0 unspecified atom stereocenters. The third-order valence-corrected chi connectivity index (χ3v) is 5.73. The Bertz CT molecular complexity index is 806. The SMILES string of the molecule is CNC(=S)Nc1nc(N2CCC(C)CC2)cc(N2Cc3ccccc3C2)n1. The van der Waals surface area contributed by atoms with Gasteiger partial charge < -0.3 is 20.4 Å². The first-order valence-electron chi connectivity index (χ1n) is 9.57. The smallest absolute Gasteiger partial charge is 0.232 e. The van der Waals surface area contributed by atoms with E-state index in [1.807, 2.05) is 0 Å². The van der Waals surface area contributed by atoms with E-state index < -0.39 is 0 Å². The Morgan fingerprint density at radius 1 is 1.04 bits per heavy atom. The molecule has 0 saturated carbocycles. The van der Waals surface area contributed by atoms with Crippen LogP contribution in [0.3, 0.4) is 0 Å². The lowest BCUT2D eigenvalue weighted by molar-refractivity contribution is 0.436. The van der Waals surface area contributed by atoms with E-state index in [9.17, 15) is 0 Å². The van der Waals surface area contributed by atoms with Crippen molar-refractivity contribution in [1.82, 2.24) is 15.3 Å². The first-order chi connectivity index (χ1) is 13.1. The maximum Gasteiger partial charge on any atom is 0.232 e. The molecule has 0 atom stereocenters. The number of piperidine rings is 1. The lowest BCUT2D eigenvalue weighted by Crippen LogP contribution is -2.34. The molecule has 0 radical (unpaired) electrons. The van der Waals surface area contributed by atoms with E-state index in [-0.39, 0.29) is 0 Å². The van der Waals surface area contributed by atoms with Crippen molar-refractivity contribution < 1.29 is 0 Å². The minimum absolute atomic E-state index is 0.523. The van der Waals surface area contributed by atoms with Crippen LogP contribution in [0.5, 0.6) is 0 Å². The number of anilines is 3. The lowest BCUT2D eigenvalue weighted by atomic mass is 9.99. The Hall–Kier alpha value is -2.41. The maximum atomic E-state index is 5.26. The van der Waals surface area contributed by atoms with Crippen LogP contribution in [0.2, 0.25) is 0 Å². The topological polar surface area (TPSA) is 56.3 Å². The number of aromatic nitrogens is 2. The van der Waals surface area contributed by atoms with Crippen molar-refractivity contribution in [3.05, 3.63) is 41.5 Å². The normalized spacial score (nSPS) is 17.0. The van der Waals surface area contributed by atoms with E-state index in [1.54, 1.807) is 7.05 Å². The van der Waals surface area contributed by atoms with Crippen LogP contribution in [0, 0.1) is 5.92 Å². The minimum Gasteiger partial charge on any atom is -0.365 e. The Morgan fingerprint density at radius 3 is 2.22 bits per heavy atom. The summed E-state index contributed by atoms with van der Waals surface area (Å²) in [4.78, 5) is 14.2. The number of hydrogen-bond acceptors (Lipinski definition) is 5. The quantitative estimate of drug-likeness (QED) is 0.791.